The number of hydrogen-bond acceptors (Lipinski definition) is 4. The highest BCUT2D eigenvalue weighted by molar-refractivity contribution is 5.26. The zero-order chi connectivity index (χ0) is 12.1. The van der Waals surface area contributed by atoms with Gasteiger partial charge in [0.05, 0.1) is 12.7 Å². The third-order valence-electron chi connectivity index (χ3n) is 2.41. The second kappa shape index (κ2) is 5.91. The van der Waals surface area contributed by atoms with Gasteiger partial charge in [-0.1, -0.05) is 6.07 Å². The van der Waals surface area contributed by atoms with E-state index in [2.05, 4.69) is 0 Å². The summed E-state index contributed by atoms with van der Waals surface area (Å²) in [5.41, 5.74) is 5.72. The maximum atomic E-state index is 13.1. The van der Waals surface area contributed by atoms with Crippen molar-refractivity contribution < 1.29 is 19.7 Å². The van der Waals surface area contributed by atoms with Crippen molar-refractivity contribution in [1.29, 1.82) is 0 Å². The summed E-state index contributed by atoms with van der Waals surface area (Å²) in [5, 5.41) is 28.1. The molecule has 1 rings (SSSR count). The Morgan fingerprint density at radius 3 is 2.56 bits per heavy atom. The van der Waals surface area contributed by atoms with Crippen LogP contribution < -0.4 is 5.73 Å². The van der Waals surface area contributed by atoms with Gasteiger partial charge in [-0.3, -0.25) is 0 Å². The predicted octanol–water partition coefficient (Wildman–Crippen LogP) is 0.0611. The van der Waals surface area contributed by atoms with Crippen LogP contribution in [0.4, 0.5) is 4.39 Å². The fraction of sp³-hybridized carbons (Fsp3) is 0.455. The van der Waals surface area contributed by atoms with Crippen LogP contribution >= 0.6 is 0 Å². The van der Waals surface area contributed by atoms with E-state index in [1.807, 2.05) is 0 Å². The van der Waals surface area contributed by atoms with Crippen LogP contribution in [0.15, 0.2) is 18.2 Å². The maximum Gasteiger partial charge on any atom is 0.128 e. The van der Waals surface area contributed by atoms with Gasteiger partial charge in [-0.15, -0.1) is 0 Å². The third kappa shape index (κ3) is 2.99. The summed E-state index contributed by atoms with van der Waals surface area (Å²) in [6, 6.07) is 3.86. The number of aliphatic hydroxyl groups excluding tert-OH is 3. The van der Waals surface area contributed by atoms with Crippen LogP contribution in [0.25, 0.3) is 0 Å². The van der Waals surface area contributed by atoms with Gasteiger partial charge < -0.3 is 21.1 Å². The molecule has 4 nitrogen and oxygen atoms in total. The van der Waals surface area contributed by atoms with Gasteiger partial charge in [-0.2, -0.15) is 0 Å². The molecule has 0 radical (unpaired) electrons. The largest absolute Gasteiger partial charge is 0.392 e. The van der Waals surface area contributed by atoms with E-state index in [4.69, 9.17) is 10.8 Å². The van der Waals surface area contributed by atoms with Crippen molar-refractivity contribution in [3.8, 4) is 0 Å². The Bertz CT molecular complexity index is 346. The van der Waals surface area contributed by atoms with E-state index in [1.165, 1.54) is 12.1 Å². The van der Waals surface area contributed by atoms with Crippen molar-refractivity contribution in [1.82, 2.24) is 0 Å². The quantitative estimate of drug-likeness (QED) is 0.575. The first-order chi connectivity index (χ1) is 7.60. The molecule has 5 N–H and O–H groups in total. The average Bonchev–Trinajstić information content (AvgIpc) is 2.29. The zero-order valence-electron chi connectivity index (χ0n) is 8.81. The first-order valence-corrected chi connectivity index (χ1v) is 5.05. The van der Waals surface area contributed by atoms with Gasteiger partial charge in [0, 0.05) is 5.56 Å². The minimum atomic E-state index is -1.12. The summed E-state index contributed by atoms with van der Waals surface area (Å²) in [7, 11) is 0. The standard InChI is InChI=1S/C11H16FNO3/c12-9-2-1-7(5-8(9)6-14)11(16)10(15)3-4-13/h1-2,5,10-11,14-16H,3-4,6,13H2. The van der Waals surface area contributed by atoms with Gasteiger partial charge in [0.15, 0.2) is 0 Å². The third-order valence-corrected chi connectivity index (χ3v) is 2.41. The molecule has 1 aromatic rings. The van der Waals surface area contributed by atoms with Crippen molar-refractivity contribution in [2.45, 2.75) is 25.2 Å². The first kappa shape index (κ1) is 13.1. The highest BCUT2D eigenvalue weighted by Crippen LogP contribution is 2.21. The molecule has 0 aliphatic rings. The van der Waals surface area contributed by atoms with Crippen molar-refractivity contribution >= 4 is 0 Å². The van der Waals surface area contributed by atoms with Crippen LogP contribution in [0.5, 0.6) is 0 Å². The molecule has 0 heterocycles. The normalized spacial score (nSPS) is 14.8. The molecule has 0 saturated carbocycles. The lowest BCUT2D eigenvalue weighted by Gasteiger charge is -2.18. The summed E-state index contributed by atoms with van der Waals surface area (Å²) in [6.45, 7) is -0.189. The van der Waals surface area contributed by atoms with Crippen molar-refractivity contribution in [2.75, 3.05) is 6.54 Å². The lowest BCUT2D eigenvalue weighted by molar-refractivity contribution is 0.0149. The first-order valence-electron chi connectivity index (χ1n) is 5.05. The molecule has 90 valence electrons. The molecule has 0 aliphatic heterocycles. The lowest BCUT2D eigenvalue weighted by Crippen LogP contribution is -2.22. The molecular weight excluding hydrogens is 213 g/mol. The van der Waals surface area contributed by atoms with E-state index in [1.54, 1.807) is 0 Å². The van der Waals surface area contributed by atoms with Crippen LogP contribution in [0.1, 0.15) is 23.7 Å². The maximum absolute atomic E-state index is 13.1. The molecule has 0 saturated heterocycles. The smallest absolute Gasteiger partial charge is 0.128 e. The molecule has 16 heavy (non-hydrogen) atoms. The summed E-state index contributed by atoms with van der Waals surface area (Å²) < 4.78 is 13.1. The molecule has 0 aromatic heterocycles. The number of aliphatic hydroxyl groups is 3. The minimum absolute atomic E-state index is 0.0940. The lowest BCUT2D eigenvalue weighted by atomic mass is 10.00. The molecule has 2 atom stereocenters. The number of benzene rings is 1. The molecule has 1 aromatic carbocycles. The van der Waals surface area contributed by atoms with Crippen LogP contribution in [0.3, 0.4) is 0 Å². The minimum Gasteiger partial charge on any atom is -0.392 e. The van der Waals surface area contributed by atoms with Crippen LogP contribution in [0, 0.1) is 5.82 Å². The van der Waals surface area contributed by atoms with Gasteiger partial charge in [-0.05, 0) is 30.7 Å². The summed E-state index contributed by atoms with van der Waals surface area (Å²) in [6.07, 6.45) is -1.84. The summed E-state index contributed by atoms with van der Waals surface area (Å²) >= 11 is 0. The van der Waals surface area contributed by atoms with Crippen LogP contribution in [-0.4, -0.2) is 28.0 Å². The Morgan fingerprint density at radius 1 is 1.31 bits per heavy atom. The molecule has 0 fully saturated rings. The van der Waals surface area contributed by atoms with E-state index in [-0.39, 0.29) is 18.5 Å². The number of hydrogen-bond donors (Lipinski definition) is 4. The van der Waals surface area contributed by atoms with Gasteiger partial charge in [0.1, 0.15) is 11.9 Å². The van der Waals surface area contributed by atoms with Gasteiger partial charge in [-0.25, -0.2) is 4.39 Å². The Hall–Kier alpha value is -1.01. The highest BCUT2D eigenvalue weighted by atomic mass is 19.1. The van der Waals surface area contributed by atoms with E-state index in [9.17, 15) is 14.6 Å². The Kier molecular flexibility index (Phi) is 4.82. The average molecular weight is 229 g/mol. The van der Waals surface area contributed by atoms with Crippen LogP contribution in [-0.2, 0) is 6.61 Å². The second-order valence-corrected chi connectivity index (χ2v) is 3.60. The number of halogens is 1. The van der Waals surface area contributed by atoms with Gasteiger partial charge in [0.25, 0.3) is 0 Å². The van der Waals surface area contributed by atoms with Crippen molar-refractivity contribution in [3.05, 3.63) is 35.1 Å². The SMILES string of the molecule is NCCC(O)C(O)c1ccc(F)c(CO)c1. The Labute approximate surface area is 93.1 Å². The van der Waals surface area contributed by atoms with E-state index in [0.29, 0.717) is 5.56 Å². The molecule has 0 bridgehead atoms. The van der Waals surface area contributed by atoms with Crippen LogP contribution in [0.2, 0.25) is 0 Å². The fourth-order valence-corrected chi connectivity index (χ4v) is 1.45. The summed E-state index contributed by atoms with van der Waals surface area (Å²) in [4.78, 5) is 0. The summed E-state index contributed by atoms with van der Waals surface area (Å²) in [5.74, 6) is -0.535. The molecule has 2 unspecified atom stereocenters. The second-order valence-electron chi connectivity index (χ2n) is 3.60. The topological polar surface area (TPSA) is 86.7 Å². The van der Waals surface area contributed by atoms with E-state index in [0.717, 1.165) is 6.07 Å². The van der Waals surface area contributed by atoms with E-state index >= 15 is 0 Å². The van der Waals surface area contributed by atoms with Gasteiger partial charge >= 0.3 is 0 Å². The fourth-order valence-electron chi connectivity index (χ4n) is 1.45. The number of nitrogens with two attached hydrogens (primary N) is 1. The molecule has 0 aliphatic carbocycles. The van der Waals surface area contributed by atoms with Crippen molar-refractivity contribution in [3.63, 3.8) is 0 Å². The predicted molar refractivity (Wildman–Crippen MR) is 57.0 cm³/mol. The zero-order valence-corrected chi connectivity index (χ0v) is 8.81. The van der Waals surface area contributed by atoms with E-state index < -0.39 is 24.6 Å². The molecular formula is C11H16FNO3. The Morgan fingerprint density at radius 2 is 2.00 bits per heavy atom. The van der Waals surface area contributed by atoms with Gasteiger partial charge in [0.2, 0.25) is 0 Å². The molecule has 0 spiro atoms. The molecule has 5 heteroatoms. The highest BCUT2D eigenvalue weighted by Gasteiger charge is 2.18. The van der Waals surface area contributed by atoms with Crippen molar-refractivity contribution in [2.24, 2.45) is 5.73 Å². The monoisotopic (exact) mass is 229 g/mol. The number of rotatable bonds is 5. The Balaban J connectivity index is 2.87. The molecule has 0 amide bonds.